The third kappa shape index (κ3) is 4.82. The maximum absolute atomic E-state index is 13.2. The summed E-state index contributed by atoms with van der Waals surface area (Å²) in [6.07, 6.45) is 0. The lowest BCUT2D eigenvalue weighted by atomic mass is 10.1. The number of benzene rings is 1. The molecule has 1 aromatic rings. The van der Waals surface area contributed by atoms with Gasteiger partial charge in [0.15, 0.2) is 0 Å². The molecule has 22 heavy (non-hydrogen) atoms. The van der Waals surface area contributed by atoms with Crippen molar-refractivity contribution < 1.29 is 23.0 Å². The number of hydrogen-bond donors (Lipinski definition) is 1. The summed E-state index contributed by atoms with van der Waals surface area (Å²) >= 11 is 0. The van der Waals surface area contributed by atoms with Crippen LogP contribution in [0.15, 0.2) is 24.3 Å². The summed E-state index contributed by atoms with van der Waals surface area (Å²) in [4.78, 5) is 12.0. The summed E-state index contributed by atoms with van der Waals surface area (Å²) in [5, 5.41) is 2.76. The summed E-state index contributed by atoms with van der Waals surface area (Å²) in [7, 11) is -3.45. The molecule has 0 amide bonds. The monoisotopic (exact) mass is 331 g/mol. The lowest BCUT2D eigenvalue weighted by Crippen LogP contribution is -2.47. The number of rotatable bonds is 7. The Labute approximate surface area is 130 Å². The van der Waals surface area contributed by atoms with E-state index in [1.165, 1.54) is 18.2 Å². The van der Waals surface area contributed by atoms with Crippen LogP contribution in [0.3, 0.4) is 0 Å². The first-order valence-corrected chi connectivity index (χ1v) is 8.81. The Morgan fingerprint density at radius 2 is 2.05 bits per heavy atom. The van der Waals surface area contributed by atoms with Gasteiger partial charge in [0, 0.05) is 6.07 Å². The number of carbonyl (C=O) groups is 1. The van der Waals surface area contributed by atoms with Gasteiger partial charge in [0.1, 0.15) is 17.1 Å². The fraction of sp³-hybridized carbons (Fsp3) is 0.533. The summed E-state index contributed by atoms with van der Waals surface area (Å²) < 4.78 is 36.8. The molecule has 0 saturated heterocycles. The number of halogens is 1. The zero-order valence-corrected chi connectivity index (χ0v) is 14.4. The van der Waals surface area contributed by atoms with E-state index in [4.69, 9.17) is 9.26 Å². The molecule has 0 aliphatic carbocycles. The van der Waals surface area contributed by atoms with Crippen molar-refractivity contribution in [2.45, 2.75) is 45.8 Å². The second-order valence-electron chi connectivity index (χ2n) is 5.70. The fourth-order valence-electron chi connectivity index (χ4n) is 1.68. The SMILES string of the molecule is CCOC(=O)C(C)(C)NP(=O)(Oc1cccc(F)c1)C(C)C. The molecule has 1 unspecified atom stereocenters. The normalized spacial score (nSPS) is 14.5. The van der Waals surface area contributed by atoms with E-state index in [1.807, 2.05) is 0 Å². The second kappa shape index (κ2) is 7.25. The molecule has 7 heteroatoms. The predicted molar refractivity (Wildman–Crippen MR) is 83.6 cm³/mol. The van der Waals surface area contributed by atoms with Crippen molar-refractivity contribution in [3.63, 3.8) is 0 Å². The van der Waals surface area contributed by atoms with Crippen molar-refractivity contribution in [2.24, 2.45) is 0 Å². The molecule has 0 spiro atoms. The Kier molecular flexibility index (Phi) is 6.15. The van der Waals surface area contributed by atoms with Crippen molar-refractivity contribution >= 4 is 13.5 Å². The summed E-state index contributed by atoms with van der Waals surface area (Å²) in [5.74, 6) is -0.875. The van der Waals surface area contributed by atoms with E-state index < -0.39 is 30.5 Å². The van der Waals surface area contributed by atoms with E-state index in [0.717, 1.165) is 6.07 Å². The molecule has 0 aliphatic rings. The molecule has 5 nitrogen and oxygen atoms in total. The second-order valence-corrected chi connectivity index (χ2v) is 8.33. The minimum atomic E-state index is -3.45. The lowest BCUT2D eigenvalue weighted by molar-refractivity contribution is -0.149. The summed E-state index contributed by atoms with van der Waals surface area (Å²) in [6.45, 7) is 8.45. The number of hydrogen-bond acceptors (Lipinski definition) is 4. The predicted octanol–water partition coefficient (Wildman–Crippen LogP) is 3.74. The first kappa shape index (κ1) is 18.7. The van der Waals surface area contributed by atoms with Gasteiger partial charge in [-0.15, -0.1) is 0 Å². The third-order valence-electron chi connectivity index (χ3n) is 2.94. The molecule has 0 radical (unpaired) electrons. The lowest BCUT2D eigenvalue weighted by Gasteiger charge is -2.31. The largest absolute Gasteiger partial charge is 0.465 e. The quantitative estimate of drug-likeness (QED) is 0.609. The highest BCUT2D eigenvalue weighted by Gasteiger charge is 2.40. The van der Waals surface area contributed by atoms with Crippen LogP contribution in [0.5, 0.6) is 5.75 Å². The minimum Gasteiger partial charge on any atom is -0.465 e. The van der Waals surface area contributed by atoms with E-state index in [1.54, 1.807) is 34.6 Å². The summed E-state index contributed by atoms with van der Waals surface area (Å²) in [5.41, 5.74) is -1.60. The average Bonchev–Trinajstić information content (AvgIpc) is 2.37. The minimum absolute atomic E-state index is 0.143. The van der Waals surface area contributed by atoms with Gasteiger partial charge in [0.25, 0.3) is 0 Å². The average molecular weight is 331 g/mol. The van der Waals surface area contributed by atoms with Gasteiger partial charge in [-0.05, 0) is 32.9 Å². The van der Waals surface area contributed by atoms with Gasteiger partial charge in [0.2, 0.25) is 0 Å². The first-order valence-electron chi connectivity index (χ1n) is 7.12. The highest BCUT2D eigenvalue weighted by Crippen LogP contribution is 2.49. The van der Waals surface area contributed by atoms with Crippen molar-refractivity contribution in [1.82, 2.24) is 5.09 Å². The van der Waals surface area contributed by atoms with Crippen molar-refractivity contribution in [3.8, 4) is 5.75 Å². The van der Waals surface area contributed by atoms with Crippen LogP contribution < -0.4 is 9.61 Å². The highest BCUT2D eigenvalue weighted by molar-refractivity contribution is 7.58. The van der Waals surface area contributed by atoms with Crippen LogP contribution in [0.2, 0.25) is 0 Å². The number of carbonyl (C=O) groups excluding carboxylic acids is 1. The van der Waals surface area contributed by atoms with Crippen LogP contribution in [-0.4, -0.2) is 23.8 Å². The van der Waals surface area contributed by atoms with Crippen LogP contribution in [0.25, 0.3) is 0 Å². The molecule has 124 valence electrons. The molecule has 0 aromatic heterocycles. The third-order valence-corrected chi connectivity index (χ3v) is 5.65. The van der Waals surface area contributed by atoms with Crippen molar-refractivity contribution in [1.29, 1.82) is 0 Å². The zero-order chi connectivity index (χ0) is 17.0. The van der Waals surface area contributed by atoms with Gasteiger partial charge in [-0.1, -0.05) is 19.9 Å². The fourth-order valence-corrected chi connectivity index (χ4v) is 3.50. The van der Waals surface area contributed by atoms with Gasteiger partial charge in [-0.3, -0.25) is 9.36 Å². The van der Waals surface area contributed by atoms with Crippen LogP contribution in [-0.2, 0) is 14.1 Å². The Morgan fingerprint density at radius 3 is 2.55 bits per heavy atom. The highest BCUT2D eigenvalue weighted by atomic mass is 31.2. The molecule has 0 saturated carbocycles. The molecule has 1 N–H and O–H groups in total. The van der Waals surface area contributed by atoms with Crippen LogP contribution in [0, 0.1) is 5.82 Å². The van der Waals surface area contributed by atoms with Gasteiger partial charge in [0.05, 0.1) is 12.3 Å². The van der Waals surface area contributed by atoms with Gasteiger partial charge >= 0.3 is 13.5 Å². The number of nitrogens with one attached hydrogen (secondary N) is 1. The Bertz CT molecular complexity index is 574. The first-order chi connectivity index (χ1) is 10.1. The van der Waals surface area contributed by atoms with Crippen LogP contribution >= 0.6 is 7.52 Å². The molecule has 0 aliphatic heterocycles. The van der Waals surface area contributed by atoms with E-state index in [2.05, 4.69) is 5.09 Å². The molecule has 0 fully saturated rings. The topological polar surface area (TPSA) is 64.6 Å². The molecular weight excluding hydrogens is 308 g/mol. The van der Waals surface area contributed by atoms with Crippen molar-refractivity contribution in [3.05, 3.63) is 30.1 Å². The smallest absolute Gasteiger partial charge is 0.326 e. The standard InChI is InChI=1S/C15H23FNO4P/c1-6-20-14(18)15(4,5)17-22(19,11(2)3)21-13-9-7-8-12(16)10-13/h7-11H,6H2,1-5H3,(H,17,19). The number of esters is 1. The van der Waals surface area contributed by atoms with E-state index in [9.17, 15) is 13.8 Å². The van der Waals surface area contributed by atoms with Gasteiger partial charge in [-0.2, -0.15) is 0 Å². The maximum Gasteiger partial charge on any atom is 0.326 e. The van der Waals surface area contributed by atoms with E-state index in [-0.39, 0.29) is 12.4 Å². The molecule has 1 atom stereocenters. The Hall–Kier alpha value is -1.39. The molecule has 1 rings (SSSR count). The maximum atomic E-state index is 13.2. The van der Waals surface area contributed by atoms with E-state index in [0.29, 0.717) is 0 Å². The summed E-state index contributed by atoms with van der Waals surface area (Å²) in [6, 6.07) is 5.39. The van der Waals surface area contributed by atoms with Crippen LogP contribution in [0.1, 0.15) is 34.6 Å². The molecule has 1 aromatic carbocycles. The Balaban J connectivity index is 3.01. The zero-order valence-electron chi connectivity index (χ0n) is 13.6. The molecule has 0 heterocycles. The molecular formula is C15H23FNO4P. The Morgan fingerprint density at radius 1 is 1.41 bits per heavy atom. The van der Waals surface area contributed by atoms with Crippen LogP contribution in [0.4, 0.5) is 4.39 Å². The number of ether oxygens (including phenoxy) is 1. The van der Waals surface area contributed by atoms with E-state index >= 15 is 0 Å². The van der Waals surface area contributed by atoms with Crippen molar-refractivity contribution in [2.75, 3.05) is 6.61 Å². The van der Waals surface area contributed by atoms with Gasteiger partial charge < -0.3 is 9.26 Å². The van der Waals surface area contributed by atoms with Gasteiger partial charge in [-0.25, -0.2) is 9.48 Å². The molecule has 0 bridgehead atoms.